The van der Waals surface area contributed by atoms with E-state index in [9.17, 15) is 0 Å². The molecule has 0 saturated heterocycles. The van der Waals surface area contributed by atoms with Gasteiger partial charge in [0.2, 0.25) is 0 Å². The van der Waals surface area contributed by atoms with Crippen molar-refractivity contribution in [2.75, 3.05) is 14.2 Å². The average Bonchev–Trinajstić information content (AvgIpc) is 2.68. The predicted octanol–water partition coefficient (Wildman–Crippen LogP) is 6.16. The van der Waals surface area contributed by atoms with Crippen molar-refractivity contribution in [2.24, 2.45) is 0 Å². The molecule has 0 aromatic heterocycles. The Morgan fingerprint density at radius 1 is 1.00 bits per heavy atom. The van der Waals surface area contributed by atoms with E-state index in [2.05, 4.69) is 43.4 Å². The van der Waals surface area contributed by atoms with Gasteiger partial charge in [0.1, 0.15) is 11.5 Å². The van der Waals surface area contributed by atoms with Crippen LogP contribution in [0, 0.1) is 0 Å². The summed E-state index contributed by atoms with van der Waals surface area (Å²) >= 11 is 3.83. The first-order valence-electron chi connectivity index (χ1n) is 8.15. The van der Waals surface area contributed by atoms with Gasteiger partial charge in [0, 0.05) is 6.42 Å². The first-order valence-corrected chi connectivity index (χ1v) is 8.73. The van der Waals surface area contributed by atoms with Gasteiger partial charge in [-0.3, -0.25) is 0 Å². The van der Waals surface area contributed by atoms with Crippen molar-refractivity contribution in [3.8, 4) is 11.5 Å². The van der Waals surface area contributed by atoms with Crippen molar-refractivity contribution in [1.29, 1.82) is 0 Å². The van der Waals surface area contributed by atoms with Crippen LogP contribution in [0.4, 0.5) is 0 Å². The molecule has 0 aliphatic heterocycles. The van der Waals surface area contributed by atoms with E-state index in [1.165, 1.54) is 0 Å². The van der Waals surface area contributed by atoms with Gasteiger partial charge in [0.05, 0.1) is 14.2 Å². The van der Waals surface area contributed by atoms with Crippen LogP contribution in [0.15, 0.2) is 67.3 Å². The first-order chi connectivity index (χ1) is 12.5. The molecule has 0 saturated carbocycles. The molecule has 0 bridgehead atoms. The van der Waals surface area contributed by atoms with E-state index in [1.54, 1.807) is 14.2 Å². The van der Waals surface area contributed by atoms with Crippen molar-refractivity contribution in [3.05, 3.63) is 84.0 Å². The third kappa shape index (κ3) is 6.34. The molecule has 0 N–H and O–H groups in total. The molecule has 26 heavy (non-hydrogen) atoms. The second-order valence-electron chi connectivity index (χ2n) is 5.76. The van der Waals surface area contributed by atoms with Crippen LogP contribution in [0.5, 0.6) is 11.5 Å². The molecule has 0 aliphatic rings. The third-order valence-electron chi connectivity index (χ3n) is 3.77. The monoisotopic (exact) mass is 366 g/mol. The molecule has 2 nitrogen and oxygen atoms in total. The number of allylic oxidation sites excluding steroid dienone is 3. The van der Waals surface area contributed by atoms with Crippen molar-refractivity contribution < 1.29 is 9.47 Å². The molecular formula is C23H26O2S. The molecule has 136 valence electrons. The summed E-state index contributed by atoms with van der Waals surface area (Å²) in [6.07, 6.45) is 4.76. The number of hydrogen-bond donors (Lipinski definition) is 0. The molecule has 2 rings (SSSR count). The first kappa shape index (κ1) is 21.4. The molecule has 0 aliphatic carbocycles. The summed E-state index contributed by atoms with van der Waals surface area (Å²) in [4.78, 5) is 0. The van der Waals surface area contributed by atoms with E-state index < -0.39 is 0 Å². The van der Waals surface area contributed by atoms with E-state index >= 15 is 0 Å². The van der Waals surface area contributed by atoms with Gasteiger partial charge in [-0.05, 0) is 53.3 Å². The molecule has 2 aromatic rings. The number of hydrogen-bond acceptors (Lipinski definition) is 3. The topological polar surface area (TPSA) is 18.5 Å². The molecule has 0 spiro atoms. The molecule has 0 amide bonds. The van der Waals surface area contributed by atoms with E-state index in [-0.39, 0.29) is 0 Å². The summed E-state index contributed by atoms with van der Waals surface area (Å²) in [6, 6.07) is 14.2. The van der Waals surface area contributed by atoms with E-state index in [0.29, 0.717) is 0 Å². The molecule has 0 atom stereocenters. The number of rotatable bonds is 7. The summed E-state index contributed by atoms with van der Waals surface area (Å²) in [7, 11) is 3.36. The fourth-order valence-corrected chi connectivity index (χ4v) is 2.41. The molecule has 0 unspecified atom stereocenters. The normalized spacial score (nSPS) is 9.96. The van der Waals surface area contributed by atoms with Crippen molar-refractivity contribution in [2.45, 2.75) is 13.3 Å². The maximum Gasteiger partial charge on any atom is 0.122 e. The fourth-order valence-electron chi connectivity index (χ4n) is 2.41. The Kier molecular flexibility index (Phi) is 9.10. The van der Waals surface area contributed by atoms with Gasteiger partial charge in [-0.15, -0.1) is 0 Å². The van der Waals surface area contributed by atoms with Gasteiger partial charge >= 0.3 is 0 Å². The maximum absolute atomic E-state index is 5.55. The molecule has 0 radical (unpaired) electrons. The van der Waals surface area contributed by atoms with Crippen LogP contribution < -0.4 is 9.47 Å². The van der Waals surface area contributed by atoms with Gasteiger partial charge in [-0.1, -0.05) is 67.4 Å². The van der Waals surface area contributed by atoms with Crippen LogP contribution in [0.2, 0.25) is 0 Å². The van der Waals surface area contributed by atoms with E-state index in [0.717, 1.165) is 45.8 Å². The summed E-state index contributed by atoms with van der Waals surface area (Å²) in [5, 5.41) is 0. The molecule has 0 heterocycles. The Balaban J connectivity index is 0.00000163. The average molecular weight is 367 g/mol. The zero-order valence-electron chi connectivity index (χ0n) is 15.7. The Labute approximate surface area is 162 Å². The lowest BCUT2D eigenvalue weighted by Crippen LogP contribution is -1.95. The van der Waals surface area contributed by atoms with Crippen molar-refractivity contribution in [3.63, 3.8) is 0 Å². The standard InChI is InChI=1S/C22H24O2.CH2S/c1-16(2)6-7-18-8-9-20(22(15-18)24-5)14-17(3)19-10-12-21(23-4)13-11-19;1-2/h6-13,15H,1,3,14H2,2,4-5H3;1H2/b7-6+;. The Hall–Kier alpha value is -2.65. The smallest absolute Gasteiger partial charge is 0.122 e. The minimum absolute atomic E-state index is 0.736. The Morgan fingerprint density at radius 2 is 1.65 bits per heavy atom. The van der Waals surface area contributed by atoms with Gasteiger partial charge in [0.15, 0.2) is 0 Å². The zero-order valence-corrected chi connectivity index (χ0v) is 16.6. The Morgan fingerprint density at radius 3 is 2.19 bits per heavy atom. The molecule has 2 aromatic carbocycles. The SMILES string of the molecule is C=C(C)/C=C/c1ccc(CC(=C)c2ccc(OC)cc2)c(OC)c1.C=S. The van der Waals surface area contributed by atoms with Gasteiger partial charge in [-0.2, -0.15) is 0 Å². The lowest BCUT2D eigenvalue weighted by atomic mass is 9.98. The number of benzene rings is 2. The summed E-state index contributed by atoms with van der Waals surface area (Å²) in [5.41, 5.74) is 5.37. The highest BCUT2D eigenvalue weighted by atomic mass is 32.1. The van der Waals surface area contributed by atoms with Crippen molar-refractivity contribution in [1.82, 2.24) is 0 Å². The highest BCUT2D eigenvalue weighted by Gasteiger charge is 2.07. The molecule has 0 fully saturated rings. The second kappa shape index (κ2) is 11.1. The fraction of sp³-hybridized carbons (Fsp3) is 0.174. The lowest BCUT2D eigenvalue weighted by molar-refractivity contribution is 0.411. The van der Waals surface area contributed by atoms with Crippen LogP contribution in [-0.2, 0) is 6.42 Å². The molecule has 3 heteroatoms. The van der Waals surface area contributed by atoms with Gasteiger partial charge in [-0.25, -0.2) is 0 Å². The van der Waals surface area contributed by atoms with Gasteiger partial charge in [0.25, 0.3) is 0 Å². The minimum atomic E-state index is 0.736. The van der Waals surface area contributed by atoms with E-state index in [1.807, 2.05) is 49.4 Å². The Bertz CT molecular complexity index is 773. The summed E-state index contributed by atoms with van der Waals surface area (Å²) in [6.45, 7) is 10.1. The summed E-state index contributed by atoms with van der Waals surface area (Å²) in [5.74, 6) is 4.55. The summed E-state index contributed by atoms with van der Waals surface area (Å²) < 4.78 is 10.7. The van der Waals surface area contributed by atoms with Crippen LogP contribution in [-0.4, -0.2) is 20.1 Å². The molecular weight excluding hydrogens is 340 g/mol. The highest BCUT2D eigenvalue weighted by Crippen LogP contribution is 2.27. The quantitative estimate of drug-likeness (QED) is 0.431. The van der Waals surface area contributed by atoms with Crippen LogP contribution in [0.1, 0.15) is 23.6 Å². The van der Waals surface area contributed by atoms with Crippen LogP contribution >= 0.6 is 12.2 Å². The van der Waals surface area contributed by atoms with Gasteiger partial charge < -0.3 is 9.47 Å². The highest BCUT2D eigenvalue weighted by molar-refractivity contribution is 7.77. The number of ether oxygens (including phenoxy) is 2. The zero-order chi connectivity index (χ0) is 19.5. The van der Waals surface area contributed by atoms with E-state index in [4.69, 9.17) is 9.47 Å². The van der Waals surface area contributed by atoms with Crippen LogP contribution in [0.25, 0.3) is 11.6 Å². The lowest BCUT2D eigenvalue weighted by Gasteiger charge is -2.12. The number of thiocarbonyl (C=S) groups is 1. The second-order valence-corrected chi connectivity index (χ2v) is 5.76. The minimum Gasteiger partial charge on any atom is -0.497 e. The third-order valence-corrected chi connectivity index (χ3v) is 3.77. The van der Waals surface area contributed by atoms with Crippen molar-refractivity contribution >= 4 is 29.7 Å². The number of methoxy groups -OCH3 is 2. The maximum atomic E-state index is 5.55. The predicted molar refractivity (Wildman–Crippen MR) is 117 cm³/mol. The largest absolute Gasteiger partial charge is 0.497 e. The van der Waals surface area contributed by atoms with Crippen LogP contribution in [0.3, 0.4) is 0 Å².